The summed E-state index contributed by atoms with van der Waals surface area (Å²) in [6.07, 6.45) is -1.83. The van der Waals surface area contributed by atoms with Gasteiger partial charge in [-0.15, -0.1) is 0 Å². The number of alkyl halides is 3. The largest absolute Gasteiger partial charge is 0.477 e. The first-order valence-electron chi connectivity index (χ1n) is 8.70. The first-order valence-corrected chi connectivity index (χ1v) is 8.70. The van der Waals surface area contributed by atoms with Crippen LogP contribution in [-0.4, -0.2) is 38.6 Å². The number of benzene rings is 1. The van der Waals surface area contributed by atoms with Crippen LogP contribution in [-0.2, 0) is 12.7 Å². The Hall–Kier alpha value is -2.88. The zero-order valence-corrected chi connectivity index (χ0v) is 14.8. The molecular weight excluding hydrogens is 379 g/mol. The van der Waals surface area contributed by atoms with Crippen LogP contribution >= 0.6 is 0 Å². The molecule has 10 heteroatoms. The van der Waals surface area contributed by atoms with Crippen molar-refractivity contribution in [3.63, 3.8) is 0 Å². The van der Waals surface area contributed by atoms with Gasteiger partial charge in [0.25, 0.3) is 5.56 Å². The smallest absolute Gasteiger partial charge is 0.416 e. The van der Waals surface area contributed by atoms with Gasteiger partial charge in [0, 0.05) is 6.54 Å². The maximum atomic E-state index is 13.0. The lowest BCUT2D eigenvalue weighted by atomic mass is 10.1. The van der Waals surface area contributed by atoms with Crippen LogP contribution in [0.1, 0.15) is 40.9 Å². The molecule has 1 aromatic heterocycles. The maximum Gasteiger partial charge on any atom is 0.416 e. The number of hydrogen-bond donors (Lipinski definition) is 2. The first-order chi connectivity index (χ1) is 13.2. The highest BCUT2D eigenvalue weighted by atomic mass is 19.4. The van der Waals surface area contributed by atoms with Gasteiger partial charge in [0.2, 0.25) is 0 Å². The summed E-state index contributed by atoms with van der Waals surface area (Å²) in [6, 6.07) is 3.78. The predicted octanol–water partition coefficient (Wildman–Crippen LogP) is 2.23. The lowest BCUT2D eigenvalue weighted by molar-refractivity contribution is -0.137. The van der Waals surface area contributed by atoms with Crippen LogP contribution in [0.4, 0.5) is 13.2 Å². The van der Waals surface area contributed by atoms with Gasteiger partial charge in [-0.05, 0) is 44.1 Å². The maximum absolute atomic E-state index is 13.0. The predicted molar refractivity (Wildman–Crippen MR) is 93.7 cm³/mol. The minimum Gasteiger partial charge on any atom is -0.477 e. The van der Waals surface area contributed by atoms with Gasteiger partial charge in [0.1, 0.15) is 5.69 Å². The normalized spacial score (nSPS) is 15.5. The van der Waals surface area contributed by atoms with Gasteiger partial charge in [-0.1, -0.05) is 12.5 Å². The third kappa shape index (κ3) is 4.01. The third-order valence-corrected chi connectivity index (χ3v) is 4.67. The number of rotatable bonds is 4. The molecule has 1 aliphatic heterocycles. The summed E-state index contributed by atoms with van der Waals surface area (Å²) in [7, 11) is 0. The van der Waals surface area contributed by atoms with Crippen LogP contribution in [0.25, 0.3) is 5.69 Å². The third-order valence-electron chi connectivity index (χ3n) is 4.67. The van der Waals surface area contributed by atoms with E-state index in [1.54, 1.807) is 0 Å². The molecule has 2 aromatic rings. The Morgan fingerprint density at radius 1 is 1.14 bits per heavy atom. The van der Waals surface area contributed by atoms with Crippen molar-refractivity contribution in [3.05, 3.63) is 61.9 Å². The Balaban J connectivity index is 2.15. The summed E-state index contributed by atoms with van der Waals surface area (Å²) in [5.41, 5.74) is -4.04. The SMILES string of the molecule is O=C(O)c1[nH]c(=O)n(-c2cccc(C(F)(F)F)c2)c(=O)c1CN1CCCCC1. The number of nitrogens with one attached hydrogen (secondary N) is 1. The van der Waals surface area contributed by atoms with Crippen molar-refractivity contribution >= 4 is 5.97 Å². The topological polar surface area (TPSA) is 95.4 Å². The van der Waals surface area contributed by atoms with Gasteiger partial charge in [-0.3, -0.25) is 9.69 Å². The molecule has 150 valence electrons. The van der Waals surface area contributed by atoms with Gasteiger partial charge in [0.15, 0.2) is 0 Å². The average molecular weight is 397 g/mol. The molecule has 0 radical (unpaired) electrons. The molecule has 1 saturated heterocycles. The van der Waals surface area contributed by atoms with Crippen molar-refractivity contribution in [2.75, 3.05) is 13.1 Å². The number of carbonyl (C=O) groups is 1. The van der Waals surface area contributed by atoms with Gasteiger partial charge < -0.3 is 10.1 Å². The zero-order chi connectivity index (χ0) is 20.5. The van der Waals surface area contributed by atoms with E-state index in [4.69, 9.17) is 0 Å². The van der Waals surface area contributed by atoms with E-state index >= 15 is 0 Å². The molecule has 3 rings (SSSR count). The summed E-state index contributed by atoms with van der Waals surface area (Å²) < 4.78 is 39.5. The number of H-pyrrole nitrogens is 1. The van der Waals surface area contributed by atoms with E-state index in [1.807, 2.05) is 4.90 Å². The standard InChI is InChI=1S/C18H18F3N3O4/c19-18(20,21)11-5-4-6-12(9-11)24-15(25)13(10-23-7-2-1-3-8-23)14(16(26)27)22-17(24)28/h4-6,9H,1-3,7-8,10H2,(H,22,28)(H,26,27). The highest BCUT2D eigenvalue weighted by Crippen LogP contribution is 2.30. The van der Waals surface area contributed by atoms with Gasteiger partial charge in [-0.2, -0.15) is 13.2 Å². The summed E-state index contributed by atoms with van der Waals surface area (Å²) in [6.45, 7) is 1.33. The summed E-state index contributed by atoms with van der Waals surface area (Å²) in [5, 5.41) is 9.37. The molecule has 2 N–H and O–H groups in total. The molecule has 1 aromatic carbocycles. The van der Waals surface area contributed by atoms with E-state index in [-0.39, 0.29) is 17.8 Å². The van der Waals surface area contributed by atoms with Crippen LogP contribution in [0.5, 0.6) is 0 Å². The van der Waals surface area contributed by atoms with E-state index in [0.29, 0.717) is 23.7 Å². The van der Waals surface area contributed by atoms with Crippen LogP contribution < -0.4 is 11.2 Å². The number of halogens is 3. The fraction of sp³-hybridized carbons (Fsp3) is 0.389. The first kappa shape index (κ1) is 19.9. The van der Waals surface area contributed by atoms with Gasteiger partial charge >= 0.3 is 17.8 Å². The minimum absolute atomic E-state index is 0.00376. The van der Waals surface area contributed by atoms with E-state index in [0.717, 1.165) is 31.4 Å². The fourth-order valence-electron chi connectivity index (χ4n) is 3.30. The summed E-state index contributed by atoms with van der Waals surface area (Å²) >= 11 is 0. The van der Waals surface area contributed by atoms with Crippen molar-refractivity contribution in [1.82, 2.24) is 14.5 Å². The minimum atomic E-state index is -4.65. The molecule has 0 spiro atoms. The highest BCUT2D eigenvalue weighted by molar-refractivity contribution is 5.86. The number of carboxylic acid groups (broad SMARTS) is 1. The van der Waals surface area contributed by atoms with Gasteiger partial charge in [0.05, 0.1) is 16.8 Å². The molecule has 0 bridgehead atoms. The molecule has 7 nitrogen and oxygen atoms in total. The lowest BCUT2D eigenvalue weighted by Gasteiger charge is -2.26. The number of aromatic amines is 1. The number of aromatic carboxylic acids is 1. The Morgan fingerprint density at radius 3 is 2.43 bits per heavy atom. The van der Waals surface area contributed by atoms with Crippen molar-refractivity contribution in [2.45, 2.75) is 32.0 Å². The average Bonchev–Trinajstić information content (AvgIpc) is 2.64. The fourth-order valence-corrected chi connectivity index (χ4v) is 3.30. The number of hydrogen-bond acceptors (Lipinski definition) is 4. The highest BCUT2D eigenvalue weighted by Gasteiger charge is 2.31. The van der Waals surface area contributed by atoms with E-state index in [9.17, 15) is 32.7 Å². The van der Waals surface area contributed by atoms with E-state index in [2.05, 4.69) is 4.98 Å². The number of carboxylic acids is 1. The number of nitrogens with zero attached hydrogens (tertiary/aromatic N) is 2. The molecule has 28 heavy (non-hydrogen) atoms. The molecule has 0 saturated carbocycles. The Labute approximate surface area is 157 Å². The quantitative estimate of drug-likeness (QED) is 0.825. The molecule has 1 fully saturated rings. The summed E-state index contributed by atoms with van der Waals surface area (Å²) in [4.78, 5) is 40.8. The lowest BCUT2D eigenvalue weighted by Crippen LogP contribution is -2.41. The van der Waals surface area contributed by atoms with Crippen molar-refractivity contribution in [2.24, 2.45) is 0 Å². The second-order valence-corrected chi connectivity index (χ2v) is 6.61. The molecule has 0 unspecified atom stereocenters. The molecule has 0 atom stereocenters. The molecule has 2 heterocycles. The van der Waals surface area contributed by atoms with Crippen molar-refractivity contribution in [1.29, 1.82) is 0 Å². The van der Waals surface area contributed by atoms with Gasteiger partial charge in [-0.25, -0.2) is 14.2 Å². The summed E-state index contributed by atoms with van der Waals surface area (Å²) in [5.74, 6) is -1.47. The second-order valence-electron chi connectivity index (χ2n) is 6.61. The van der Waals surface area contributed by atoms with E-state index in [1.165, 1.54) is 6.07 Å². The van der Waals surface area contributed by atoms with Crippen molar-refractivity contribution < 1.29 is 23.1 Å². The monoisotopic (exact) mass is 397 g/mol. The van der Waals surface area contributed by atoms with Crippen LogP contribution in [0.15, 0.2) is 33.9 Å². The van der Waals surface area contributed by atoms with E-state index < -0.39 is 34.7 Å². The zero-order valence-electron chi connectivity index (χ0n) is 14.8. The number of piperidine rings is 1. The van der Waals surface area contributed by atoms with Crippen molar-refractivity contribution in [3.8, 4) is 5.69 Å². The Kier molecular flexibility index (Phi) is 5.41. The molecular formula is C18H18F3N3O4. The Bertz CT molecular complexity index is 1000. The Morgan fingerprint density at radius 2 is 1.82 bits per heavy atom. The second kappa shape index (κ2) is 7.63. The molecule has 1 aliphatic rings. The molecule has 0 aliphatic carbocycles. The number of aromatic nitrogens is 2. The van der Waals surface area contributed by atoms with Crippen LogP contribution in [0.2, 0.25) is 0 Å². The van der Waals surface area contributed by atoms with Crippen LogP contribution in [0, 0.1) is 0 Å². The molecule has 0 amide bonds. The number of likely N-dealkylation sites (tertiary alicyclic amines) is 1. The van der Waals surface area contributed by atoms with Crippen LogP contribution in [0.3, 0.4) is 0 Å².